The maximum Gasteiger partial charge on any atom is 0.407 e. The number of nitrogens with zero attached hydrogens (tertiary/aromatic N) is 4. The van der Waals surface area contributed by atoms with Gasteiger partial charge in [0.2, 0.25) is 11.8 Å². The number of fused-ring (bicyclic) bond motifs is 6. The molecule has 0 aliphatic carbocycles. The second kappa shape index (κ2) is 16.0. The minimum absolute atomic E-state index is 0.0230. The molecule has 14 nitrogen and oxygen atoms in total. The number of imidazole rings is 2. The molecule has 2 fully saturated rings. The average molecular weight is 712 g/mol. The molecular weight excluding hydrogens is 666 g/mol. The van der Waals surface area contributed by atoms with Crippen LogP contribution in [0.4, 0.5) is 4.79 Å². The van der Waals surface area contributed by atoms with E-state index in [0.717, 1.165) is 77.3 Å². The lowest BCUT2D eigenvalue weighted by molar-refractivity contribution is -0.136. The van der Waals surface area contributed by atoms with E-state index in [0.29, 0.717) is 38.5 Å². The van der Waals surface area contributed by atoms with Crippen molar-refractivity contribution in [3.8, 4) is 39.4 Å². The highest BCUT2D eigenvalue weighted by Gasteiger charge is 2.37. The second-order valence-corrected chi connectivity index (χ2v) is 13.3. The summed E-state index contributed by atoms with van der Waals surface area (Å²) < 4.78 is 22.1. The molecule has 7 rings (SSSR count). The van der Waals surface area contributed by atoms with Gasteiger partial charge in [-0.15, -0.1) is 0 Å². The fourth-order valence-electron chi connectivity index (χ4n) is 7.32. The first-order valence-corrected chi connectivity index (χ1v) is 17.9. The van der Waals surface area contributed by atoms with Crippen LogP contribution in [0.3, 0.4) is 0 Å². The van der Waals surface area contributed by atoms with E-state index in [1.165, 1.54) is 14.2 Å². The number of aromatic nitrogens is 4. The Bertz CT molecular complexity index is 1870. The van der Waals surface area contributed by atoms with Gasteiger partial charge in [0.1, 0.15) is 30.0 Å². The Hall–Kier alpha value is -5.21. The quantitative estimate of drug-likeness (QED) is 0.249. The van der Waals surface area contributed by atoms with Crippen LogP contribution < -0.4 is 10.1 Å². The van der Waals surface area contributed by atoms with Gasteiger partial charge in [-0.25, -0.2) is 14.8 Å². The van der Waals surface area contributed by atoms with Gasteiger partial charge < -0.3 is 44.0 Å². The number of benzene rings is 2. The molecule has 3 N–H and O–H groups in total. The monoisotopic (exact) mass is 711 g/mol. The van der Waals surface area contributed by atoms with Crippen LogP contribution in [0.5, 0.6) is 5.75 Å². The first kappa shape index (κ1) is 35.2. The van der Waals surface area contributed by atoms with E-state index >= 15 is 0 Å². The molecule has 2 saturated heterocycles. The van der Waals surface area contributed by atoms with E-state index in [1.54, 1.807) is 11.1 Å². The summed E-state index contributed by atoms with van der Waals surface area (Å²) in [5.74, 6) is 1.95. The molecule has 3 amide bonds. The SMILES string of the molecule is COCC(=O)N1CCC[C@H]1c1ncc(-c2ccc(-c3ccc4c(c3)OCCCCOC[C@H](NC(=O)OC)C(=O)N3CCC[C@H]3c3ncc-4[nH]3)cc2)[nH]1. The Morgan fingerprint density at radius 1 is 0.865 bits per heavy atom. The molecule has 2 bridgehead atoms. The van der Waals surface area contributed by atoms with Crippen molar-refractivity contribution < 1.29 is 33.3 Å². The van der Waals surface area contributed by atoms with Crippen molar-refractivity contribution in [2.45, 2.75) is 56.7 Å². The highest BCUT2D eigenvalue weighted by Crippen LogP contribution is 2.37. The number of alkyl carbamates (subject to hydrolysis) is 1. The Labute approximate surface area is 302 Å². The van der Waals surface area contributed by atoms with E-state index in [4.69, 9.17) is 23.9 Å². The molecule has 3 aliphatic rings. The molecule has 0 saturated carbocycles. The zero-order valence-electron chi connectivity index (χ0n) is 29.6. The topological polar surface area (TPSA) is 164 Å². The maximum absolute atomic E-state index is 13.7. The van der Waals surface area contributed by atoms with Gasteiger partial charge in [-0.05, 0) is 67.3 Å². The molecule has 0 spiro atoms. The third-order valence-corrected chi connectivity index (χ3v) is 10.0. The lowest BCUT2D eigenvalue weighted by atomic mass is 10.00. The molecule has 0 unspecified atom stereocenters. The molecule has 52 heavy (non-hydrogen) atoms. The molecule has 2 aromatic heterocycles. The largest absolute Gasteiger partial charge is 0.493 e. The van der Waals surface area contributed by atoms with Gasteiger partial charge >= 0.3 is 6.09 Å². The zero-order valence-corrected chi connectivity index (χ0v) is 29.6. The summed E-state index contributed by atoms with van der Waals surface area (Å²) in [6.45, 7) is 2.26. The molecule has 3 atom stereocenters. The van der Waals surface area contributed by atoms with Crippen LogP contribution in [0.25, 0.3) is 33.6 Å². The average Bonchev–Trinajstić information content (AvgIpc) is 4.00. The number of amides is 3. The summed E-state index contributed by atoms with van der Waals surface area (Å²) in [5.41, 5.74) is 5.59. The minimum Gasteiger partial charge on any atom is -0.493 e. The molecule has 4 aromatic rings. The summed E-state index contributed by atoms with van der Waals surface area (Å²) in [6, 6.07) is 13.2. The van der Waals surface area contributed by atoms with Gasteiger partial charge in [-0.2, -0.15) is 0 Å². The van der Waals surface area contributed by atoms with Crippen LogP contribution in [0.2, 0.25) is 0 Å². The Morgan fingerprint density at radius 2 is 1.56 bits per heavy atom. The van der Waals surface area contributed by atoms with Gasteiger partial charge in [0.05, 0.1) is 56.2 Å². The normalized spacial score (nSPS) is 21.0. The minimum atomic E-state index is -0.863. The van der Waals surface area contributed by atoms with E-state index in [2.05, 4.69) is 56.7 Å². The summed E-state index contributed by atoms with van der Waals surface area (Å²) in [5, 5.41) is 2.64. The van der Waals surface area contributed by atoms with Gasteiger partial charge in [0.25, 0.3) is 0 Å². The number of carbonyl (C=O) groups excluding carboxylic acids is 3. The first-order valence-electron chi connectivity index (χ1n) is 17.9. The molecule has 14 heteroatoms. The van der Waals surface area contributed by atoms with Gasteiger partial charge in [-0.1, -0.05) is 30.3 Å². The number of likely N-dealkylation sites (tertiary alicyclic amines) is 1. The lowest BCUT2D eigenvalue weighted by Gasteiger charge is -2.28. The number of hydrogen-bond donors (Lipinski definition) is 3. The molecule has 0 radical (unpaired) electrons. The summed E-state index contributed by atoms with van der Waals surface area (Å²) in [7, 11) is 2.81. The Balaban J connectivity index is 1.11. The van der Waals surface area contributed by atoms with Crippen molar-refractivity contribution in [3.63, 3.8) is 0 Å². The first-order chi connectivity index (χ1) is 25.4. The van der Waals surface area contributed by atoms with Crippen molar-refractivity contribution in [2.24, 2.45) is 0 Å². The zero-order chi connectivity index (χ0) is 36.0. The maximum atomic E-state index is 13.7. The number of ether oxygens (including phenoxy) is 4. The van der Waals surface area contributed by atoms with Crippen molar-refractivity contribution in [3.05, 3.63) is 66.5 Å². The van der Waals surface area contributed by atoms with Crippen LogP contribution in [-0.2, 0) is 23.8 Å². The van der Waals surface area contributed by atoms with Gasteiger partial charge in [-0.3, -0.25) is 9.59 Å². The number of nitrogens with one attached hydrogen (secondary N) is 3. The third-order valence-electron chi connectivity index (χ3n) is 10.0. The fourth-order valence-corrected chi connectivity index (χ4v) is 7.32. The number of rotatable bonds is 6. The second-order valence-electron chi connectivity index (χ2n) is 13.3. The van der Waals surface area contributed by atoms with Crippen molar-refractivity contribution in [1.82, 2.24) is 35.1 Å². The molecule has 3 aliphatic heterocycles. The number of carbonyl (C=O) groups is 3. The third kappa shape index (κ3) is 7.53. The number of H-pyrrole nitrogens is 2. The van der Waals surface area contributed by atoms with Crippen LogP contribution in [0.15, 0.2) is 54.9 Å². The van der Waals surface area contributed by atoms with Crippen LogP contribution in [0.1, 0.15) is 62.3 Å². The van der Waals surface area contributed by atoms with Crippen molar-refractivity contribution >= 4 is 17.9 Å². The van der Waals surface area contributed by atoms with Gasteiger partial charge in [0.15, 0.2) is 0 Å². The van der Waals surface area contributed by atoms with E-state index in [9.17, 15) is 14.4 Å². The van der Waals surface area contributed by atoms with Crippen molar-refractivity contribution in [2.75, 3.05) is 53.7 Å². The summed E-state index contributed by atoms with van der Waals surface area (Å²) in [6.07, 6.45) is 7.75. The van der Waals surface area contributed by atoms with Crippen LogP contribution in [0, 0.1) is 0 Å². The number of hydrogen-bond acceptors (Lipinski definition) is 9. The predicted octanol–water partition coefficient (Wildman–Crippen LogP) is 5.02. The van der Waals surface area contributed by atoms with E-state index < -0.39 is 12.1 Å². The van der Waals surface area contributed by atoms with E-state index in [-0.39, 0.29) is 37.1 Å². The molecule has 5 heterocycles. The lowest BCUT2D eigenvalue weighted by Crippen LogP contribution is -2.50. The Kier molecular flexibility index (Phi) is 10.8. The highest BCUT2D eigenvalue weighted by molar-refractivity contribution is 5.86. The smallest absolute Gasteiger partial charge is 0.407 e. The highest BCUT2D eigenvalue weighted by atomic mass is 16.5. The fraction of sp³-hybridized carbons (Fsp3) is 0.447. The summed E-state index contributed by atoms with van der Waals surface area (Å²) in [4.78, 5) is 58.2. The van der Waals surface area contributed by atoms with Crippen LogP contribution >= 0.6 is 0 Å². The van der Waals surface area contributed by atoms with Crippen LogP contribution in [-0.4, -0.2) is 107 Å². The van der Waals surface area contributed by atoms with Gasteiger partial charge in [0, 0.05) is 32.4 Å². The standard InChI is InChI=1S/C38H45N7O7/c1-49-23-34(46)44-15-5-7-31(44)35-39-20-28(41-35)25-11-9-24(10-12-25)26-13-14-27-29-21-40-36(42-29)32-8-6-16-45(32)37(47)30(43-38(48)50-2)22-51-17-3-4-18-52-33(27)19-26/h9-14,19-21,30-32H,3-8,15-18,22-23H2,1-2H3,(H,39,41)(H,40,42)(H,43,48)/t30-,31-,32-/m0/s1. The van der Waals surface area contributed by atoms with Crippen molar-refractivity contribution in [1.29, 1.82) is 0 Å². The summed E-state index contributed by atoms with van der Waals surface area (Å²) >= 11 is 0. The number of methoxy groups -OCH3 is 2. The molecule has 274 valence electrons. The Morgan fingerprint density at radius 3 is 2.37 bits per heavy atom. The predicted molar refractivity (Wildman–Crippen MR) is 191 cm³/mol. The molecular formula is C38H45N7O7. The molecule has 2 aromatic carbocycles. The van der Waals surface area contributed by atoms with E-state index in [1.807, 2.05) is 17.2 Å². The number of aromatic amines is 2.